The highest BCUT2D eigenvalue weighted by atomic mass is 32.2. The van der Waals surface area contributed by atoms with Crippen molar-refractivity contribution < 1.29 is 4.74 Å². The predicted octanol–water partition coefficient (Wildman–Crippen LogP) is 1.35. The molecule has 0 aromatic carbocycles. The van der Waals surface area contributed by atoms with Crippen molar-refractivity contribution in [2.75, 3.05) is 33.1 Å². The average Bonchev–Trinajstić information content (AvgIpc) is 2.43. The maximum atomic E-state index is 5.46. The molecule has 0 fully saturated rings. The van der Waals surface area contributed by atoms with Crippen LogP contribution in [0, 0.1) is 0 Å². The Morgan fingerprint density at radius 1 is 1.39 bits per heavy atom. The van der Waals surface area contributed by atoms with Crippen LogP contribution < -0.4 is 16.6 Å². The molecule has 0 radical (unpaired) electrons. The van der Waals surface area contributed by atoms with Gasteiger partial charge in [0.25, 0.3) is 0 Å². The van der Waals surface area contributed by atoms with E-state index in [1.807, 2.05) is 11.8 Å². The van der Waals surface area contributed by atoms with E-state index in [1.54, 1.807) is 7.11 Å². The molecule has 0 bridgehead atoms. The predicted molar refractivity (Wildman–Crippen MR) is 80.9 cm³/mol. The summed E-state index contributed by atoms with van der Waals surface area (Å²) in [4.78, 5) is 4.53. The minimum Gasteiger partial charge on any atom is -0.385 e. The van der Waals surface area contributed by atoms with Crippen molar-refractivity contribution in [1.82, 2.24) is 10.7 Å². The molecule has 18 heavy (non-hydrogen) atoms. The zero-order valence-corrected chi connectivity index (χ0v) is 12.9. The molecule has 0 saturated carbocycles. The van der Waals surface area contributed by atoms with Crippen molar-refractivity contribution in [2.24, 2.45) is 10.8 Å². The lowest BCUT2D eigenvalue weighted by molar-refractivity contribution is 0.195. The van der Waals surface area contributed by atoms with Crippen molar-refractivity contribution in [1.29, 1.82) is 0 Å². The van der Waals surface area contributed by atoms with Gasteiger partial charge in [-0.25, -0.2) is 5.84 Å². The topological polar surface area (TPSA) is 71.7 Å². The number of aliphatic imine (C=N–C) groups is 1. The van der Waals surface area contributed by atoms with Crippen LogP contribution in [0.1, 0.15) is 33.1 Å². The summed E-state index contributed by atoms with van der Waals surface area (Å²) in [5.74, 6) is 6.12. The second-order valence-corrected chi connectivity index (χ2v) is 5.45. The lowest BCUT2D eigenvalue weighted by Crippen LogP contribution is -2.43. The van der Waals surface area contributed by atoms with E-state index < -0.39 is 0 Å². The molecule has 0 atom stereocenters. The third kappa shape index (κ3) is 6.47. The highest BCUT2D eigenvalue weighted by molar-refractivity contribution is 8.00. The molecule has 0 aromatic heterocycles. The quantitative estimate of drug-likeness (QED) is 0.195. The summed E-state index contributed by atoms with van der Waals surface area (Å²) in [7, 11) is 1.70. The number of guanidine groups is 1. The normalized spacial score (nSPS) is 12.6. The van der Waals surface area contributed by atoms with Crippen molar-refractivity contribution in [2.45, 2.75) is 37.9 Å². The van der Waals surface area contributed by atoms with Gasteiger partial charge < -0.3 is 10.1 Å². The van der Waals surface area contributed by atoms with Gasteiger partial charge in [-0.15, -0.1) is 0 Å². The van der Waals surface area contributed by atoms with Gasteiger partial charge >= 0.3 is 0 Å². The first kappa shape index (κ1) is 17.5. The number of thioether (sulfide) groups is 1. The Kier molecular flexibility index (Phi) is 10.2. The number of methoxy groups -OCH3 is 1. The Labute approximate surface area is 115 Å². The summed E-state index contributed by atoms with van der Waals surface area (Å²) in [5.41, 5.74) is 2.61. The van der Waals surface area contributed by atoms with E-state index in [9.17, 15) is 0 Å². The van der Waals surface area contributed by atoms with E-state index in [0.717, 1.165) is 39.0 Å². The number of rotatable bonds is 9. The molecule has 0 heterocycles. The van der Waals surface area contributed by atoms with Crippen LogP contribution in [0.2, 0.25) is 0 Å². The van der Waals surface area contributed by atoms with Gasteiger partial charge in [-0.3, -0.25) is 10.4 Å². The maximum Gasteiger partial charge on any atom is 0.205 e. The van der Waals surface area contributed by atoms with Crippen LogP contribution >= 0.6 is 11.8 Å². The van der Waals surface area contributed by atoms with Crippen LogP contribution in [0.15, 0.2) is 4.99 Å². The van der Waals surface area contributed by atoms with Crippen LogP contribution in [0.4, 0.5) is 0 Å². The van der Waals surface area contributed by atoms with Gasteiger partial charge in [0.15, 0.2) is 0 Å². The van der Waals surface area contributed by atoms with Gasteiger partial charge in [-0.1, -0.05) is 13.8 Å². The number of nitrogens with two attached hydrogens (primary N) is 1. The van der Waals surface area contributed by atoms with E-state index >= 15 is 0 Å². The van der Waals surface area contributed by atoms with Gasteiger partial charge in [0.2, 0.25) is 5.96 Å². The lowest BCUT2D eigenvalue weighted by atomic mass is 10.0. The van der Waals surface area contributed by atoms with Crippen LogP contribution in [0.25, 0.3) is 0 Å². The second-order valence-electron chi connectivity index (χ2n) is 4.18. The fourth-order valence-corrected chi connectivity index (χ4v) is 2.40. The summed E-state index contributed by atoms with van der Waals surface area (Å²) in [6.07, 6.45) is 5.29. The van der Waals surface area contributed by atoms with Gasteiger partial charge in [0.1, 0.15) is 0 Å². The summed E-state index contributed by atoms with van der Waals surface area (Å²) in [6.45, 7) is 6.73. The summed E-state index contributed by atoms with van der Waals surface area (Å²) in [6, 6.07) is 0. The van der Waals surface area contributed by atoms with E-state index in [4.69, 9.17) is 10.6 Å². The summed E-state index contributed by atoms with van der Waals surface area (Å²) >= 11 is 1.88. The highest BCUT2D eigenvalue weighted by Crippen LogP contribution is 2.30. The third-order valence-corrected chi connectivity index (χ3v) is 4.77. The number of nitrogens with zero attached hydrogens (tertiary/aromatic N) is 1. The molecular formula is C12H28N4OS. The molecule has 108 valence electrons. The minimum atomic E-state index is 0.219. The fourth-order valence-electron chi connectivity index (χ4n) is 1.63. The molecule has 0 aromatic rings. The van der Waals surface area contributed by atoms with Crippen molar-refractivity contribution in [3.63, 3.8) is 0 Å². The molecule has 0 rings (SSSR count). The van der Waals surface area contributed by atoms with E-state index in [0.29, 0.717) is 5.96 Å². The largest absolute Gasteiger partial charge is 0.385 e. The Balaban J connectivity index is 4.24. The fraction of sp³-hybridized carbons (Fsp3) is 0.917. The zero-order valence-electron chi connectivity index (χ0n) is 12.1. The monoisotopic (exact) mass is 276 g/mol. The van der Waals surface area contributed by atoms with E-state index in [2.05, 4.69) is 35.8 Å². The standard InChI is InChI=1S/C12H28N4OS/c1-5-12(6-2,18-4)10-15-11(16-13)14-8-7-9-17-3/h5-10,13H2,1-4H3,(H2,14,15,16). The lowest BCUT2D eigenvalue weighted by Gasteiger charge is -2.27. The van der Waals surface area contributed by atoms with Crippen LogP contribution in [0.3, 0.4) is 0 Å². The van der Waals surface area contributed by atoms with E-state index in [-0.39, 0.29) is 4.75 Å². The van der Waals surface area contributed by atoms with Crippen molar-refractivity contribution in [3.05, 3.63) is 0 Å². The van der Waals surface area contributed by atoms with Crippen LogP contribution in [-0.4, -0.2) is 43.8 Å². The maximum absolute atomic E-state index is 5.46. The van der Waals surface area contributed by atoms with Gasteiger partial charge in [0, 0.05) is 25.0 Å². The summed E-state index contributed by atoms with van der Waals surface area (Å²) < 4.78 is 5.21. The van der Waals surface area contributed by atoms with Crippen molar-refractivity contribution >= 4 is 17.7 Å². The first-order chi connectivity index (χ1) is 8.67. The molecular weight excluding hydrogens is 248 g/mol. The Morgan fingerprint density at radius 3 is 2.50 bits per heavy atom. The van der Waals surface area contributed by atoms with Gasteiger partial charge in [0.05, 0.1) is 6.54 Å². The smallest absolute Gasteiger partial charge is 0.205 e. The molecule has 4 N–H and O–H groups in total. The number of hydrogen-bond donors (Lipinski definition) is 3. The number of ether oxygens (including phenoxy) is 1. The molecule has 0 unspecified atom stereocenters. The molecule has 0 spiro atoms. The molecule has 0 aliphatic rings. The summed E-state index contributed by atoms with van der Waals surface area (Å²) in [5, 5.41) is 3.17. The van der Waals surface area contributed by atoms with Crippen LogP contribution in [0.5, 0.6) is 0 Å². The Hall–Kier alpha value is -0.460. The number of hydrogen-bond acceptors (Lipinski definition) is 4. The van der Waals surface area contributed by atoms with Gasteiger partial charge in [-0.2, -0.15) is 11.8 Å². The first-order valence-electron chi connectivity index (χ1n) is 6.47. The Morgan fingerprint density at radius 2 is 2.06 bits per heavy atom. The Bertz CT molecular complexity index is 224. The molecule has 0 saturated heterocycles. The molecule has 0 aliphatic carbocycles. The average molecular weight is 276 g/mol. The zero-order chi connectivity index (χ0) is 13.9. The molecule has 6 heteroatoms. The van der Waals surface area contributed by atoms with Crippen molar-refractivity contribution in [3.8, 4) is 0 Å². The third-order valence-electron chi connectivity index (χ3n) is 3.20. The number of nitrogens with one attached hydrogen (secondary N) is 2. The number of hydrazine groups is 1. The SMILES string of the molecule is CCC(CC)(CN=C(NN)NCCCOC)SC. The molecule has 0 amide bonds. The van der Waals surface area contributed by atoms with Crippen LogP contribution in [-0.2, 0) is 4.74 Å². The first-order valence-corrected chi connectivity index (χ1v) is 7.69. The second kappa shape index (κ2) is 10.5. The molecule has 5 nitrogen and oxygen atoms in total. The van der Waals surface area contributed by atoms with E-state index in [1.165, 1.54) is 0 Å². The highest BCUT2D eigenvalue weighted by Gasteiger charge is 2.24. The van der Waals surface area contributed by atoms with Gasteiger partial charge in [-0.05, 0) is 25.5 Å². The minimum absolute atomic E-state index is 0.219. The molecule has 0 aliphatic heterocycles.